The van der Waals surface area contributed by atoms with Gasteiger partial charge in [-0.3, -0.25) is 0 Å². The van der Waals surface area contributed by atoms with Crippen molar-refractivity contribution < 1.29 is 27.1 Å². The summed E-state index contributed by atoms with van der Waals surface area (Å²) in [5, 5.41) is 9.28. The maximum Gasteiger partial charge on any atom is 0.673 e. The number of hydrogen-bond donors (Lipinski definition) is 1. The normalized spacial score (nSPS) is 12.1. The van der Waals surface area contributed by atoms with E-state index in [1.165, 1.54) is 10.5 Å². The molecule has 0 fully saturated rings. The summed E-state index contributed by atoms with van der Waals surface area (Å²) in [6.07, 6.45) is 2.22. The number of ether oxygens (including phenoxy) is 1. The number of halogens is 4. The molecule has 0 aliphatic carbocycles. The van der Waals surface area contributed by atoms with Crippen LogP contribution < -0.4 is 4.74 Å². The third-order valence-corrected chi connectivity index (χ3v) is 4.62. The summed E-state index contributed by atoms with van der Waals surface area (Å²) in [5.41, 5.74) is 1.30. The molecule has 8 heteroatoms. The van der Waals surface area contributed by atoms with Gasteiger partial charge in [-0.05, 0) is 36.4 Å². The first-order chi connectivity index (χ1) is 10.7. The number of phenolic OH excluding ortho intramolecular Hbond substituents is 1. The molecule has 2 aromatic rings. The van der Waals surface area contributed by atoms with Gasteiger partial charge in [-0.25, -0.2) is 0 Å². The van der Waals surface area contributed by atoms with E-state index in [0.29, 0.717) is 5.75 Å². The molecule has 0 aliphatic heterocycles. The van der Waals surface area contributed by atoms with Crippen molar-refractivity contribution in [2.45, 2.75) is 10.6 Å². The maximum atomic E-state index is 9.75. The van der Waals surface area contributed by atoms with Crippen molar-refractivity contribution in [2.75, 3.05) is 13.4 Å². The minimum atomic E-state index is -6.00. The van der Waals surface area contributed by atoms with Gasteiger partial charge in [0.15, 0.2) is 4.90 Å². The van der Waals surface area contributed by atoms with E-state index in [1.807, 2.05) is 24.3 Å². The first kappa shape index (κ1) is 19.2. The Morgan fingerprint density at radius 3 is 1.87 bits per heavy atom. The summed E-state index contributed by atoms with van der Waals surface area (Å²) in [6.45, 7) is 0. The van der Waals surface area contributed by atoms with E-state index in [9.17, 15) is 22.4 Å². The molecule has 0 saturated carbocycles. The molecule has 126 valence electrons. The summed E-state index contributed by atoms with van der Waals surface area (Å²) in [6, 6.07) is 15.6. The van der Waals surface area contributed by atoms with Crippen LogP contribution in [0.3, 0.4) is 0 Å². The standard InChI is InChI=1S/C15H16O2S.BF4/c1-17-14-7-3-12(4-8-14)11-18(2)15-9-5-13(16)6-10-15;2-1(3,4)5/h3-10H,11H2,1-2H3;/q;-1/p+1. The minimum Gasteiger partial charge on any atom is -0.508 e. The van der Waals surface area contributed by atoms with Gasteiger partial charge < -0.3 is 27.1 Å². The van der Waals surface area contributed by atoms with Crippen LogP contribution in [-0.2, 0) is 16.6 Å². The fourth-order valence-corrected chi connectivity index (χ4v) is 3.19. The average Bonchev–Trinajstić information content (AvgIpc) is 2.47. The van der Waals surface area contributed by atoms with E-state index >= 15 is 0 Å². The van der Waals surface area contributed by atoms with Crippen molar-refractivity contribution in [3.05, 3.63) is 54.1 Å². The molecule has 1 atom stereocenters. The summed E-state index contributed by atoms with van der Waals surface area (Å²) >= 11 is 0. The van der Waals surface area contributed by atoms with Crippen molar-refractivity contribution in [3.63, 3.8) is 0 Å². The molecule has 2 aromatic carbocycles. The summed E-state index contributed by atoms with van der Waals surface area (Å²) in [5.74, 6) is 2.22. The molecule has 1 N–H and O–H groups in total. The summed E-state index contributed by atoms with van der Waals surface area (Å²) < 4.78 is 44.1. The monoisotopic (exact) mass is 348 g/mol. The van der Waals surface area contributed by atoms with Gasteiger partial charge in [0, 0.05) is 16.5 Å². The lowest BCUT2D eigenvalue weighted by atomic mass is 10.2. The lowest BCUT2D eigenvalue weighted by molar-refractivity contribution is 0.368. The Morgan fingerprint density at radius 2 is 1.43 bits per heavy atom. The fourth-order valence-electron chi connectivity index (χ4n) is 1.73. The lowest BCUT2D eigenvalue weighted by Crippen LogP contribution is -2.03. The molecule has 2 nitrogen and oxygen atoms in total. The van der Waals surface area contributed by atoms with E-state index in [2.05, 4.69) is 18.4 Å². The topological polar surface area (TPSA) is 29.5 Å². The van der Waals surface area contributed by atoms with E-state index < -0.39 is 7.25 Å². The van der Waals surface area contributed by atoms with E-state index in [4.69, 9.17) is 4.74 Å². The third kappa shape index (κ3) is 8.40. The Bertz CT molecular complexity index is 582. The van der Waals surface area contributed by atoms with Gasteiger partial charge in [-0.1, -0.05) is 12.1 Å². The Balaban J connectivity index is 0.000000463. The highest BCUT2D eigenvalue weighted by molar-refractivity contribution is 7.95. The molecule has 23 heavy (non-hydrogen) atoms. The predicted molar refractivity (Wildman–Crippen MR) is 86.5 cm³/mol. The highest BCUT2D eigenvalue weighted by Gasteiger charge is 2.20. The zero-order chi connectivity index (χ0) is 17.5. The van der Waals surface area contributed by atoms with Crippen LogP contribution in [0.1, 0.15) is 5.56 Å². The van der Waals surface area contributed by atoms with E-state index in [1.54, 1.807) is 19.2 Å². The van der Waals surface area contributed by atoms with Crippen molar-refractivity contribution in [1.82, 2.24) is 0 Å². The van der Waals surface area contributed by atoms with Gasteiger partial charge in [-0.15, -0.1) is 0 Å². The Morgan fingerprint density at radius 1 is 0.957 bits per heavy atom. The van der Waals surface area contributed by atoms with Crippen LogP contribution >= 0.6 is 0 Å². The number of rotatable bonds is 4. The molecule has 0 bridgehead atoms. The molecular weight excluding hydrogens is 331 g/mol. The van der Waals surface area contributed by atoms with Gasteiger partial charge in [-0.2, -0.15) is 0 Å². The number of hydrogen-bond acceptors (Lipinski definition) is 2. The second-order valence-corrected chi connectivity index (χ2v) is 6.65. The van der Waals surface area contributed by atoms with Crippen molar-refractivity contribution in [2.24, 2.45) is 0 Å². The molecule has 0 heterocycles. The van der Waals surface area contributed by atoms with E-state index in [0.717, 1.165) is 11.5 Å². The Hall–Kier alpha value is -1.83. The third-order valence-electron chi connectivity index (χ3n) is 2.78. The molecule has 0 saturated heterocycles. The number of aromatic hydroxyl groups is 1. The Kier molecular flexibility index (Phi) is 7.28. The van der Waals surface area contributed by atoms with E-state index in [-0.39, 0.29) is 10.9 Å². The highest BCUT2D eigenvalue weighted by Crippen LogP contribution is 2.20. The average molecular weight is 348 g/mol. The fraction of sp³-hybridized carbons (Fsp3) is 0.200. The van der Waals surface area contributed by atoms with Gasteiger partial charge >= 0.3 is 7.25 Å². The van der Waals surface area contributed by atoms with Crippen LogP contribution in [0.5, 0.6) is 11.5 Å². The largest absolute Gasteiger partial charge is 0.673 e. The van der Waals surface area contributed by atoms with Crippen molar-refractivity contribution in [1.29, 1.82) is 0 Å². The second-order valence-electron chi connectivity index (χ2n) is 4.62. The molecule has 0 aliphatic rings. The number of methoxy groups -OCH3 is 1. The minimum absolute atomic E-state index is 0.147. The molecule has 1 unspecified atom stereocenters. The summed E-state index contributed by atoms with van der Waals surface area (Å²) in [4.78, 5) is 1.27. The molecule has 0 amide bonds. The molecule has 2 rings (SSSR count). The number of phenols is 1. The van der Waals surface area contributed by atoms with Crippen LogP contribution in [0.15, 0.2) is 53.4 Å². The zero-order valence-corrected chi connectivity index (χ0v) is 13.5. The van der Waals surface area contributed by atoms with Crippen LogP contribution in [0.4, 0.5) is 17.3 Å². The number of benzene rings is 2. The molecule has 0 aromatic heterocycles. The highest BCUT2D eigenvalue weighted by atomic mass is 32.2. The molecule has 0 radical (unpaired) electrons. The van der Waals surface area contributed by atoms with Gasteiger partial charge in [0.1, 0.15) is 23.5 Å². The van der Waals surface area contributed by atoms with Crippen LogP contribution in [0.25, 0.3) is 0 Å². The zero-order valence-electron chi connectivity index (χ0n) is 12.7. The second kappa shape index (κ2) is 8.71. The quantitative estimate of drug-likeness (QED) is 0.501. The maximum absolute atomic E-state index is 9.75. The van der Waals surface area contributed by atoms with Crippen LogP contribution in [-0.4, -0.2) is 25.7 Å². The summed E-state index contributed by atoms with van der Waals surface area (Å²) in [7, 11) is -4.18. The van der Waals surface area contributed by atoms with Gasteiger partial charge in [0.2, 0.25) is 0 Å². The van der Waals surface area contributed by atoms with Crippen LogP contribution in [0.2, 0.25) is 0 Å². The first-order valence-corrected chi connectivity index (χ1v) is 8.41. The molecular formula is C15H17BF4O2S. The van der Waals surface area contributed by atoms with Gasteiger partial charge in [0.25, 0.3) is 0 Å². The lowest BCUT2D eigenvalue weighted by Gasteiger charge is -2.05. The first-order valence-electron chi connectivity index (χ1n) is 6.61. The molecule has 0 spiro atoms. The SMILES string of the molecule is COc1ccc(C[S+](C)c2ccc(O)cc2)cc1.F[B-](F)(F)F. The Labute approximate surface area is 135 Å². The van der Waals surface area contributed by atoms with Crippen molar-refractivity contribution in [3.8, 4) is 11.5 Å². The predicted octanol–water partition coefficient (Wildman–Crippen LogP) is 4.51. The van der Waals surface area contributed by atoms with Crippen LogP contribution in [0, 0.1) is 0 Å². The smallest absolute Gasteiger partial charge is 0.508 e. The van der Waals surface area contributed by atoms with Crippen molar-refractivity contribution >= 4 is 18.1 Å². The van der Waals surface area contributed by atoms with Gasteiger partial charge in [0.05, 0.1) is 7.11 Å².